The molecular weight excluding hydrogens is 288 g/mol. The number of amidine groups is 1. The summed E-state index contributed by atoms with van der Waals surface area (Å²) in [5.74, 6) is 1.21. The fraction of sp³-hybridized carbons (Fsp3) is 0.417. The van der Waals surface area contributed by atoms with Gasteiger partial charge in [0.05, 0.1) is 10.7 Å². The molecule has 0 bridgehead atoms. The summed E-state index contributed by atoms with van der Waals surface area (Å²) >= 11 is 9.35. The summed E-state index contributed by atoms with van der Waals surface area (Å²) in [7, 11) is 0. The van der Waals surface area contributed by atoms with E-state index in [1.54, 1.807) is 0 Å². The van der Waals surface area contributed by atoms with E-state index in [-0.39, 0.29) is 0 Å². The molecule has 0 radical (unpaired) electrons. The summed E-state index contributed by atoms with van der Waals surface area (Å²) in [6, 6.07) is 5.63. The molecule has 2 nitrogen and oxygen atoms in total. The second-order valence-electron chi connectivity index (χ2n) is 4.12. The second-order valence-corrected chi connectivity index (χ2v) is 5.38. The maximum atomic E-state index is 6.00. The first kappa shape index (κ1) is 11.9. The Morgan fingerprint density at radius 1 is 1.38 bits per heavy atom. The zero-order chi connectivity index (χ0) is 11.5. The Morgan fingerprint density at radius 2 is 2.06 bits per heavy atom. The molecule has 1 aliphatic rings. The van der Waals surface area contributed by atoms with E-state index in [0.717, 1.165) is 16.0 Å². The van der Waals surface area contributed by atoms with Crippen LogP contribution in [0.25, 0.3) is 0 Å². The molecule has 16 heavy (non-hydrogen) atoms. The van der Waals surface area contributed by atoms with E-state index in [4.69, 9.17) is 17.3 Å². The van der Waals surface area contributed by atoms with Gasteiger partial charge in [0.1, 0.15) is 5.84 Å². The van der Waals surface area contributed by atoms with Crippen LogP contribution in [0.4, 0.5) is 5.69 Å². The highest BCUT2D eigenvalue weighted by molar-refractivity contribution is 9.10. The van der Waals surface area contributed by atoms with Gasteiger partial charge in [-0.15, -0.1) is 0 Å². The fourth-order valence-corrected chi connectivity index (χ4v) is 2.44. The topological polar surface area (TPSA) is 38.4 Å². The van der Waals surface area contributed by atoms with Crippen LogP contribution in [-0.4, -0.2) is 5.84 Å². The van der Waals surface area contributed by atoms with Crippen molar-refractivity contribution in [2.24, 2.45) is 16.6 Å². The largest absolute Gasteiger partial charge is 0.387 e. The van der Waals surface area contributed by atoms with Crippen LogP contribution in [0.1, 0.15) is 25.7 Å². The molecule has 86 valence electrons. The van der Waals surface area contributed by atoms with Crippen LogP contribution in [0.5, 0.6) is 0 Å². The van der Waals surface area contributed by atoms with Crippen LogP contribution in [0.2, 0.25) is 5.02 Å². The minimum absolute atomic E-state index is 0.461. The molecule has 0 amide bonds. The van der Waals surface area contributed by atoms with Crippen molar-refractivity contribution >= 4 is 39.1 Å². The van der Waals surface area contributed by atoms with Crippen molar-refractivity contribution < 1.29 is 0 Å². The minimum atomic E-state index is 0.461. The third-order valence-electron chi connectivity index (χ3n) is 2.93. The first-order valence-electron chi connectivity index (χ1n) is 5.46. The van der Waals surface area contributed by atoms with E-state index >= 15 is 0 Å². The van der Waals surface area contributed by atoms with Crippen LogP contribution in [-0.2, 0) is 0 Å². The Labute approximate surface area is 109 Å². The van der Waals surface area contributed by atoms with Gasteiger partial charge in [0.2, 0.25) is 0 Å². The molecule has 0 saturated heterocycles. The summed E-state index contributed by atoms with van der Waals surface area (Å²) in [6.07, 6.45) is 4.86. The Bertz CT molecular complexity index is 411. The Kier molecular flexibility index (Phi) is 3.87. The number of nitrogens with two attached hydrogens (primary N) is 1. The molecule has 2 N–H and O–H groups in total. The average Bonchev–Trinajstić information content (AvgIpc) is 2.77. The Balaban J connectivity index is 2.17. The van der Waals surface area contributed by atoms with Gasteiger partial charge < -0.3 is 5.73 Å². The van der Waals surface area contributed by atoms with Crippen LogP contribution >= 0.6 is 27.5 Å². The van der Waals surface area contributed by atoms with Gasteiger partial charge in [0.15, 0.2) is 0 Å². The van der Waals surface area contributed by atoms with E-state index in [2.05, 4.69) is 20.9 Å². The summed E-state index contributed by atoms with van der Waals surface area (Å²) < 4.78 is 0.882. The molecule has 1 fully saturated rings. The van der Waals surface area contributed by atoms with Crippen molar-refractivity contribution in [3.63, 3.8) is 0 Å². The van der Waals surface area contributed by atoms with E-state index in [1.165, 1.54) is 25.7 Å². The number of nitrogens with zero attached hydrogens (tertiary/aromatic N) is 1. The average molecular weight is 302 g/mol. The van der Waals surface area contributed by atoms with Gasteiger partial charge >= 0.3 is 0 Å². The Hall–Kier alpha value is -0.540. The van der Waals surface area contributed by atoms with E-state index < -0.39 is 0 Å². The lowest BCUT2D eigenvalue weighted by Gasteiger charge is -2.08. The molecule has 0 atom stereocenters. The number of aliphatic imine (C=N–C) groups is 1. The first-order chi connectivity index (χ1) is 7.66. The van der Waals surface area contributed by atoms with E-state index in [0.29, 0.717) is 10.9 Å². The minimum Gasteiger partial charge on any atom is -0.387 e. The maximum absolute atomic E-state index is 6.00. The molecule has 4 heteroatoms. The molecule has 2 rings (SSSR count). The van der Waals surface area contributed by atoms with Crippen molar-refractivity contribution in [3.05, 3.63) is 27.7 Å². The molecule has 1 aromatic rings. The number of rotatable bonds is 2. The van der Waals surface area contributed by atoms with E-state index in [9.17, 15) is 0 Å². The lowest BCUT2D eigenvalue weighted by atomic mass is 10.1. The van der Waals surface area contributed by atoms with Crippen LogP contribution in [0, 0.1) is 5.92 Å². The predicted octanol–water partition coefficient (Wildman–Crippen LogP) is 4.28. The van der Waals surface area contributed by atoms with Crippen LogP contribution in [0.15, 0.2) is 27.7 Å². The van der Waals surface area contributed by atoms with Gasteiger partial charge in [-0.25, -0.2) is 4.99 Å². The number of hydrogen-bond donors (Lipinski definition) is 1. The lowest BCUT2D eigenvalue weighted by molar-refractivity contribution is 0.722. The third-order valence-corrected chi connectivity index (χ3v) is 4.17. The molecule has 1 saturated carbocycles. The monoisotopic (exact) mass is 300 g/mol. The predicted molar refractivity (Wildman–Crippen MR) is 72.4 cm³/mol. The normalized spacial score (nSPS) is 18.0. The molecule has 1 aromatic carbocycles. The fourth-order valence-electron chi connectivity index (χ4n) is 2.02. The van der Waals surface area contributed by atoms with Crippen molar-refractivity contribution in [1.82, 2.24) is 0 Å². The Morgan fingerprint density at radius 3 is 2.69 bits per heavy atom. The third kappa shape index (κ3) is 2.77. The van der Waals surface area contributed by atoms with Gasteiger partial charge in [0.25, 0.3) is 0 Å². The highest BCUT2D eigenvalue weighted by atomic mass is 79.9. The molecule has 0 heterocycles. The quantitative estimate of drug-likeness (QED) is 0.642. The van der Waals surface area contributed by atoms with Gasteiger partial charge in [-0.1, -0.05) is 24.4 Å². The van der Waals surface area contributed by atoms with E-state index in [1.807, 2.05) is 18.2 Å². The van der Waals surface area contributed by atoms with Crippen molar-refractivity contribution in [3.8, 4) is 0 Å². The van der Waals surface area contributed by atoms with Crippen molar-refractivity contribution in [2.45, 2.75) is 25.7 Å². The standard InChI is InChI=1S/C12H14BrClN2/c13-10-6-5-9(7-11(10)14)16-12(15)8-3-1-2-4-8/h5-8H,1-4H2,(H2,15,16). The van der Waals surface area contributed by atoms with Crippen LogP contribution < -0.4 is 5.73 Å². The maximum Gasteiger partial charge on any atom is 0.103 e. The first-order valence-corrected chi connectivity index (χ1v) is 6.63. The smallest absolute Gasteiger partial charge is 0.103 e. The summed E-state index contributed by atoms with van der Waals surface area (Å²) in [5.41, 5.74) is 6.83. The van der Waals surface area contributed by atoms with Gasteiger partial charge in [0, 0.05) is 10.4 Å². The van der Waals surface area contributed by atoms with Crippen molar-refractivity contribution in [1.29, 1.82) is 0 Å². The second kappa shape index (κ2) is 5.19. The SMILES string of the molecule is NC(=Nc1ccc(Br)c(Cl)c1)C1CCCC1. The zero-order valence-electron chi connectivity index (χ0n) is 8.92. The molecule has 1 aliphatic carbocycles. The summed E-state index contributed by atoms with van der Waals surface area (Å²) in [4.78, 5) is 4.43. The van der Waals surface area contributed by atoms with Crippen molar-refractivity contribution in [2.75, 3.05) is 0 Å². The molecule has 0 aromatic heterocycles. The zero-order valence-corrected chi connectivity index (χ0v) is 11.3. The molecule has 0 spiro atoms. The highest BCUT2D eigenvalue weighted by Crippen LogP contribution is 2.29. The number of hydrogen-bond acceptors (Lipinski definition) is 1. The van der Waals surface area contributed by atoms with Crippen LogP contribution in [0.3, 0.4) is 0 Å². The number of halogens is 2. The lowest BCUT2D eigenvalue weighted by Crippen LogP contribution is -2.20. The molecular formula is C12H14BrClN2. The molecule has 0 unspecified atom stereocenters. The number of benzene rings is 1. The van der Waals surface area contributed by atoms with Gasteiger partial charge in [-0.05, 0) is 47.0 Å². The highest BCUT2D eigenvalue weighted by Gasteiger charge is 2.18. The summed E-state index contributed by atoms with van der Waals surface area (Å²) in [5, 5.41) is 0.667. The summed E-state index contributed by atoms with van der Waals surface area (Å²) in [6.45, 7) is 0. The van der Waals surface area contributed by atoms with Gasteiger partial charge in [-0.2, -0.15) is 0 Å². The van der Waals surface area contributed by atoms with Gasteiger partial charge in [-0.3, -0.25) is 0 Å². The molecule has 0 aliphatic heterocycles.